The van der Waals surface area contributed by atoms with Gasteiger partial charge in [-0.3, -0.25) is 9.79 Å². The number of ether oxygens (including phenoxy) is 1. The number of carbonyl (C=O) groups excluding carboxylic acids is 2. The van der Waals surface area contributed by atoms with E-state index in [1.165, 1.54) is 6.08 Å². The van der Waals surface area contributed by atoms with E-state index in [1.807, 2.05) is 6.92 Å². The van der Waals surface area contributed by atoms with E-state index in [4.69, 9.17) is 16.2 Å². The minimum absolute atomic E-state index is 0.000932. The molecule has 0 saturated heterocycles. The highest BCUT2D eigenvalue weighted by molar-refractivity contribution is 5.91. The van der Waals surface area contributed by atoms with E-state index in [1.54, 1.807) is 25.2 Å². The fourth-order valence-corrected chi connectivity index (χ4v) is 1.47. The summed E-state index contributed by atoms with van der Waals surface area (Å²) in [6.45, 7) is 4.20. The zero-order chi connectivity index (χ0) is 16.1. The molecule has 0 aromatic rings. The molecular formula is C14H24N4O3. The van der Waals surface area contributed by atoms with Crippen LogP contribution in [0.15, 0.2) is 29.3 Å². The molecule has 1 atom stereocenters. The van der Waals surface area contributed by atoms with Crippen molar-refractivity contribution in [3.8, 4) is 0 Å². The third kappa shape index (κ3) is 10.2. The van der Waals surface area contributed by atoms with Crippen molar-refractivity contribution in [2.45, 2.75) is 32.7 Å². The van der Waals surface area contributed by atoms with Gasteiger partial charge in [-0.2, -0.15) is 0 Å². The van der Waals surface area contributed by atoms with Crippen LogP contribution in [0.1, 0.15) is 26.7 Å². The fourth-order valence-electron chi connectivity index (χ4n) is 1.47. The van der Waals surface area contributed by atoms with Gasteiger partial charge in [-0.1, -0.05) is 18.2 Å². The second-order valence-corrected chi connectivity index (χ2v) is 4.15. The summed E-state index contributed by atoms with van der Waals surface area (Å²) in [6.07, 6.45) is 7.41. The first kappa shape index (κ1) is 18.7. The summed E-state index contributed by atoms with van der Waals surface area (Å²) in [4.78, 5) is 27.3. The highest BCUT2D eigenvalue weighted by Crippen LogP contribution is 2.01. The van der Waals surface area contributed by atoms with Gasteiger partial charge in [0, 0.05) is 12.6 Å². The molecular weight excluding hydrogens is 272 g/mol. The monoisotopic (exact) mass is 296 g/mol. The van der Waals surface area contributed by atoms with Crippen molar-refractivity contribution >= 4 is 17.8 Å². The zero-order valence-corrected chi connectivity index (χ0v) is 12.5. The summed E-state index contributed by atoms with van der Waals surface area (Å²) in [6, 6.07) is -0.707. The molecule has 0 aromatic heterocycles. The first-order valence-corrected chi connectivity index (χ1v) is 6.83. The van der Waals surface area contributed by atoms with Crippen molar-refractivity contribution < 1.29 is 14.3 Å². The van der Waals surface area contributed by atoms with Crippen molar-refractivity contribution in [2.75, 3.05) is 13.2 Å². The smallest absolute Gasteiger partial charge is 0.328 e. The van der Waals surface area contributed by atoms with Crippen molar-refractivity contribution in [1.29, 1.82) is 0 Å². The molecule has 0 aromatic carbocycles. The van der Waals surface area contributed by atoms with Crippen LogP contribution in [0.4, 0.5) is 0 Å². The molecule has 0 fully saturated rings. The van der Waals surface area contributed by atoms with Gasteiger partial charge < -0.3 is 21.5 Å². The number of nitrogens with one attached hydrogen (secondary N) is 1. The number of nitrogens with two attached hydrogens (primary N) is 2. The van der Waals surface area contributed by atoms with E-state index in [-0.39, 0.29) is 18.5 Å². The van der Waals surface area contributed by atoms with Crippen LogP contribution < -0.4 is 16.8 Å². The number of allylic oxidation sites excluding steroid dienone is 3. The van der Waals surface area contributed by atoms with Crippen LogP contribution in [0, 0.1) is 0 Å². The quantitative estimate of drug-likeness (QED) is 0.140. The standard InChI is InChI=1S/C14H24N4O3/c1-3-5-6-9-12(19)18-11(13(20)21-4-2)8-7-10-17-14(15)16/h3,5-6,9,11H,4,7-8,10H2,1-2H3,(H,18,19)(H4,15,16,17)/b5-3+,9-6+. The zero-order valence-electron chi connectivity index (χ0n) is 12.5. The molecule has 0 spiro atoms. The van der Waals surface area contributed by atoms with Gasteiger partial charge in [0.25, 0.3) is 0 Å². The van der Waals surface area contributed by atoms with Crippen LogP contribution in [-0.2, 0) is 14.3 Å². The topological polar surface area (TPSA) is 120 Å². The Balaban J connectivity index is 4.48. The fraction of sp³-hybridized carbons (Fsp3) is 0.500. The number of nitrogens with zero attached hydrogens (tertiary/aromatic N) is 1. The number of hydrogen-bond donors (Lipinski definition) is 3. The maximum Gasteiger partial charge on any atom is 0.328 e. The predicted octanol–water partition coefficient (Wildman–Crippen LogP) is 0.220. The maximum atomic E-state index is 11.8. The SMILES string of the molecule is C/C=C/C=C/C(=O)NC(CCCN=C(N)N)C(=O)OCC. The molecule has 0 rings (SSSR count). The number of guanidine groups is 1. The van der Waals surface area contributed by atoms with Gasteiger partial charge in [0.1, 0.15) is 6.04 Å². The molecule has 5 N–H and O–H groups in total. The summed E-state index contributed by atoms with van der Waals surface area (Å²) in [5, 5.41) is 2.60. The first-order chi connectivity index (χ1) is 10.0. The Morgan fingerprint density at radius 2 is 2.05 bits per heavy atom. The van der Waals surface area contributed by atoms with Crippen molar-refractivity contribution in [3.05, 3.63) is 24.3 Å². The summed E-state index contributed by atoms with van der Waals surface area (Å²) < 4.78 is 4.93. The number of aliphatic imine (C=N–C) groups is 1. The second kappa shape index (κ2) is 11.5. The Bertz CT molecular complexity index is 412. The van der Waals surface area contributed by atoms with Gasteiger partial charge >= 0.3 is 5.97 Å². The Hall–Kier alpha value is -2.31. The molecule has 0 aliphatic heterocycles. The molecule has 0 bridgehead atoms. The van der Waals surface area contributed by atoms with Crippen LogP contribution in [0.5, 0.6) is 0 Å². The molecule has 1 unspecified atom stereocenters. The molecule has 0 radical (unpaired) electrons. The van der Waals surface area contributed by atoms with Crippen LogP contribution in [-0.4, -0.2) is 37.0 Å². The van der Waals surface area contributed by atoms with Crippen molar-refractivity contribution in [1.82, 2.24) is 5.32 Å². The summed E-state index contributed by atoms with van der Waals surface area (Å²) in [5.74, 6) is -0.816. The van der Waals surface area contributed by atoms with Crippen LogP contribution in [0.25, 0.3) is 0 Å². The lowest BCUT2D eigenvalue weighted by atomic mass is 10.1. The molecule has 0 saturated carbocycles. The lowest BCUT2D eigenvalue weighted by Gasteiger charge is -2.15. The molecule has 0 heterocycles. The van der Waals surface area contributed by atoms with Gasteiger partial charge in [-0.25, -0.2) is 4.79 Å². The minimum atomic E-state index is -0.707. The average molecular weight is 296 g/mol. The van der Waals surface area contributed by atoms with Crippen molar-refractivity contribution in [2.24, 2.45) is 16.5 Å². The lowest BCUT2D eigenvalue weighted by Crippen LogP contribution is -2.41. The molecule has 0 aliphatic rings. The summed E-state index contributed by atoms with van der Waals surface area (Å²) in [5.41, 5.74) is 10.4. The largest absolute Gasteiger partial charge is 0.464 e. The third-order valence-corrected chi connectivity index (χ3v) is 2.38. The number of amides is 1. The Morgan fingerprint density at radius 1 is 1.33 bits per heavy atom. The molecule has 118 valence electrons. The van der Waals surface area contributed by atoms with E-state index < -0.39 is 12.0 Å². The van der Waals surface area contributed by atoms with Crippen LogP contribution in [0.2, 0.25) is 0 Å². The average Bonchev–Trinajstić information content (AvgIpc) is 2.42. The van der Waals surface area contributed by atoms with Gasteiger partial charge in [0.05, 0.1) is 6.61 Å². The van der Waals surface area contributed by atoms with Gasteiger partial charge in [-0.05, 0) is 26.7 Å². The first-order valence-electron chi connectivity index (χ1n) is 6.83. The molecule has 7 heteroatoms. The summed E-state index contributed by atoms with van der Waals surface area (Å²) >= 11 is 0. The second-order valence-electron chi connectivity index (χ2n) is 4.15. The van der Waals surface area contributed by atoms with Crippen LogP contribution >= 0.6 is 0 Å². The number of carbonyl (C=O) groups is 2. The highest BCUT2D eigenvalue weighted by Gasteiger charge is 2.20. The van der Waals surface area contributed by atoms with E-state index in [0.29, 0.717) is 19.4 Å². The Morgan fingerprint density at radius 3 is 2.62 bits per heavy atom. The predicted molar refractivity (Wildman–Crippen MR) is 82.4 cm³/mol. The Kier molecular flexibility index (Phi) is 10.2. The van der Waals surface area contributed by atoms with Gasteiger partial charge in [-0.15, -0.1) is 0 Å². The number of esters is 1. The van der Waals surface area contributed by atoms with Gasteiger partial charge in [0.15, 0.2) is 5.96 Å². The third-order valence-electron chi connectivity index (χ3n) is 2.38. The highest BCUT2D eigenvalue weighted by atomic mass is 16.5. The number of hydrogen-bond acceptors (Lipinski definition) is 4. The molecule has 7 nitrogen and oxygen atoms in total. The lowest BCUT2D eigenvalue weighted by molar-refractivity contribution is -0.147. The van der Waals surface area contributed by atoms with E-state index >= 15 is 0 Å². The number of rotatable bonds is 9. The molecule has 0 aliphatic carbocycles. The molecule has 1 amide bonds. The van der Waals surface area contributed by atoms with E-state index in [9.17, 15) is 9.59 Å². The van der Waals surface area contributed by atoms with Crippen molar-refractivity contribution in [3.63, 3.8) is 0 Å². The molecule has 21 heavy (non-hydrogen) atoms. The minimum Gasteiger partial charge on any atom is -0.464 e. The Labute approximate surface area is 125 Å². The normalized spacial score (nSPS) is 12.3. The summed E-state index contributed by atoms with van der Waals surface area (Å²) in [7, 11) is 0. The van der Waals surface area contributed by atoms with E-state index in [0.717, 1.165) is 0 Å². The maximum absolute atomic E-state index is 11.8. The van der Waals surface area contributed by atoms with Crippen LogP contribution in [0.3, 0.4) is 0 Å². The van der Waals surface area contributed by atoms with Gasteiger partial charge in [0.2, 0.25) is 5.91 Å². The van der Waals surface area contributed by atoms with E-state index in [2.05, 4.69) is 10.3 Å².